The molecule has 0 spiro atoms. The summed E-state index contributed by atoms with van der Waals surface area (Å²) in [5.74, 6) is 0. The molecule has 0 amide bonds. The average Bonchev–Trinajstić information content (AvgIpc) is 3.68. The van der Waals surface area contributed by atoms with Crippen molar-refractivity contribution in [1.29, 1.82) is 0 Å². The number of anilines is 5. The number of rotatable bonds is 3. The Balaban J connectivity index is 1.18. The monoisotopic (exact) mass is 894 g/mol. The lowest BCUT2D eigenvalue weighted by Crippen LogP contribution is -2.62. The molecule has 0 N–H and O–H groups in total. The molecular weight excluding hydrogens is 840 g/mol. The van der Waals surface area contributed by atoms with Gasteiger partial charge in [0, 0.05) is 48.6 Å². The first-order chi connectivity index (χ1) is 32.9. The number of aryl methyl sites for hydroxylation is 1. The van der Waals surface area contributed by atoms with E-state index in [0.717, 1.165) is 12.8 Å². The number of para-hydroxylation sites is 2. The molecule has 0 bridgehead atoms. The summed E-state index contributed by atoms with van der Waals surface area (Å²) in [6.07, 6.45) is 8.97. The summed E-state index contributed by atoms with van der Waals surface area (Å²) in [4.78, 5) is 5.56. The van der Waals surface area contributed by atoms with Gasteiger partial charge in [-0.25, -0.2) is 0 Å². The van der Waals surface area contributed by atoms with Crippen LogP contribution in [0.3, 0.4) is 0 Å². The standard InChI is InChI=1S/C64H55BN2S/c1-39-36-49-50(62(4,5)35-34-61(49,2)3)38-52(39)66-53-37-45-42-26-15-10-16-29-46(42)63(6,7)56(45)55-44-28-21-31-48-58(44)67(65(57(53)55)60-59(66)43-27-17-20-33-54(43)68-60)51-32-19-18-30-47(51)64(48,40-22-11-8-12-23-40)41-24-13-9-14-25-41/h8-14,17-28,30-33,36-38H,16,29,34-35H2,1-7H3. The Morgan fingerprint density at radius 1 is 0.603 bits per heavy atom. The number of hydrogen-bond acceptors (Lipinski definition) is 3. The van der Waals surface area contributed by atoms with Crippen LogP contribution >= 0.6 is 11.3 Å². The molecule has 4 heterocycles. The van der Waals surface area contributed by atoms with Crippen LogP contribution < -0.4 is 20.0 Å². The van der Waals surface area contributed by atoms with Gasteiger partial charge in [-0.15, -0.1) is 17.1 Å². The number of thiophene rings is 1. The molecule has 3 aliphatic carbocycles. The molecule has 4 heteroatoms. The molecule has 0 radical (unpaired) electrons. The highest BCUT2D eigenvalue weighted by Crippen LogP contribution is 2.64. The maximum absolute atomic E-state index is 3.66. The van der Waals surface area contributed by atoms with Crippen LogP contribution in [0.2, 0.25) is 0 Å². The van der Waals surface area contributed by atoms with Gasteiger partial charge in [-0.3, -0.25) is 0 Å². The lowest BCUT2D eigenvalue weighted by Gasteiger charge is -2.53. The third-order valence-electron chi connectivity index (χ3n) is 17.4. The third-order valence-corrected chi connectivity index (χ3v) is 18.6. The highest BCUT2D eigenvalue weighted by atomic mass is 32.1. The van der Waals surface area contributed by atoms with Crippen LogP contribution in [0.15, 0.2) is 169 Å². The van der Waals surface area contributed by atoms with Gasteiger partial charge in [-0.2, -0.15) is 0 Å². The summed E-state index contributed by atoms with van der Waals surface area (Å²) in [6, 6.07) is 56.5. The summed E-state index contributed by atoms with van der Waals surface area (Å²) in [7, 11) is 0. The predicted octanol–water partition coefficient (Wildman–Crippen LogP) is 15.5. The van der Waals surface area contributed by atoms with Crippen LogP contribution in [0.1, 0.15) is 117 Å². The summed E-state index contributed by atoms with van der Waals surface area (Å²) >= 11 is 2.00. The molecule has 0 fully saturated rings. The average molecular weight is 895 g/mol. The molecular formula is C64H55BN2S. The lowest BCUT2D eigenvalue weighted by molar-refractivity contribution is 0.332. The largest absolute Gasteiger partial charge is 0.375 e. The minimum Gasteiger partial charge on any atom is -0.375 e. The van der Waals surface area contributed by atoms with Gasteiger partial charge in [0.25, 0.3) is 0 Å². The van der Waals surface area contributed by atoms with Crippen molar-refractivity contribution >= 4 is 72.5 Å². The van der Waals surface area contributed by atoms with Crippen molar-refractivity contribution < 1.29 is 0 Å². The van der Waals surface area contributed by atoms with Crippen molar-refractivity contribution in [1.82, 2.24) is 0 Å². The van der Waals surface area contributed by atoms with Gasteiger partial charge in [0.15, 0.2) is 0 Å². The van der Waals surface area contributed by atoms with Gasteiger partial charge >= 0.3 is 6.85 Å². The lowest BCUT2D eigenvalue weighted by atomic mass is 9.44. The highest BCUT2D eigenvalue weighted by molar-refractivity contribution is 7.32. The Kier molecular flexibility index (Phi) is 8.21. The third kappa shape index (κ3) is 5.05. The van der Waals surface area contributed by atoms with Crippen LogP contribution in [0.5, 0.6) is 0 Å². The summed E-state index contributed by atoms with van der Waals surface area (Å²) in [5.41, 5.74) is 29.1. The van der Waals surface area contributed by atoms with E-state index >= 15 is 0 Å². The second kappa shape index (κ2) is 13.8. The van der Waals surface area contributed by atoms with E-state index < -0.39 is 5.41 Å². The van der Waals surface area contributed by atoms with Crippen LogP contribution in [0.25, 0.3) is 26.8 Å². The minimum absolute atomic E-state index is 0.0562. The molecule has 0 unspecified atom stereocenters. The molecule has 1 aromatic heterocycles. The second-order valence-electron chi connectivity index (χ2n) is 22.2. The molecule has 0 saturated carbocycles. The molecule has 8 aromatic rings. The van der Waals surface area contributed by atoms with Crippen molar-refractivity contribution in [2.24, 2.45) is 0 Å². The van der Waals surface area contributed by atoms with Crippen molar-refractivity contribution in [3.05, 3.63) is 219 Å². The van der Waals surface area contributed by atoms with Crippen LogP contribution in [0, 0.1) is 6.92 Å². The number of nitrogens with zero attached hydrogens (tertiary/aromatic N) is 2. The molecule has 68 heavy (non-hydrogen) atoms. The number of fused-ring (bicyclic) bond motifs is 12. The first-order valence-corrected chi connectivity index (χ1v) is 25.7. The van der Waals surface area contributed by atoms with Gasteiger partial charge in [0.2, 0.25) is 0 Å². The van der Waals surface area contributed by atoms with E-state index in [9.17, 15) is 0 Å². The fraction of sp³-hybridized carbons (Fsp3) is 0.234. The van der Waals surface area contributed by atoms with E-state index in [1.54, 1.807) is 0 Å². The number of allylic oxidation sites excluding steroid dienone is 3. The van der Waals surface area contributed by atoms with Crippen molar-refractivity contribution in [2.45, 2.75) is 95.8 Å². The molecule has 7 aromatic carbocycles. The van der Waals surface area contributed by atoms with Crippen LogP contribution in [-0.2, 0) is 21.7 Å². The van der Waals surface area contributed by atoms with Crippen LogP contribution in [-0.4, -0.2) is 6.85 Å². The quantitative estimate of drug-likeness (QED) is 0.129. The Morgan fingerprint density at radius 3 is 2.01 bits per heavy atom. The molecule has 330 valence electrons. The zero-order valence-corrected chi connectivity index (χ0v) is 41.0. The molecule has 0 atom stereocenters. The summed E-state index contributed by atoms with van der Waals surface area (Å²) in [6.45, 7) is 17.2. The van der Waals surface area contributed by atoms with E-state index in [2.05, 4.69) is 222 Å². The Labute approximate surface area is 406 Å². The fourth-order valence-electron chi connectivity index (χ4n) is 14.2. The SMILES string of the molecule is Cc1cc2c(cc1N1c3cc4c(c5c3B(c3sc6ccccc6c31)N1c3ccccc3C(c3ccccc3)(c3ccccc3)c3cccc-5c31)C(C)(C)C1=C4C=C=CCC1)C(C)(C)CCC2(C)C. The van der Waals surface area contributed by atoms with Gasteiger partial charge < -0.3 is 9.71 Å². The van der Waals surface area contributed by atoms with E-state index in [4.69, 9.17) is 0 Å². The van der Waals surface area contributed by atoms with E-state index in [1.165, 1.54) is 134 Å². The maximum atomic E-state index is 3.66. The Bertz CT molecular complexity index is 3580. The first-order valence-electron chi connectivity index (χ1n) is 24.9. The zero-order chi connectivity index (χ0) is 46.1. The smallest absolute Gasteiger partial charge is 0.343 e. The van der Waals surface area contributed by atoms with Crippen LogP contribution in [0.4, 0.5) is 28.4 Å². The maximum Gasteiger partial charge on any atom is 0.343 e. The molecule has 14 rings (SSSR count). The van der Waals surface area contributed by atoms with Gasteiger partial charge in [0.05, 0.1) is 11.1 Å². The normalized spacial score (nSPS) is 18.8. The fourth-order valence-corrected chi connectivity index (χ4v) is 15.5. The molecule has 0 saturated heterocycles. The topological polar surface area (TPSA) is 6.48 Å². The number of hydrogen-bond donors (Lipinski definition) is 0. The molecule has 6 aliphatic rings. The Morgan fingerprint density at radius 2 is 1.26 bits per heavy atom. The van der Waals surface area contributed by atoms with Gasteiger partial charge in [-0.1, -0.05) is 168 Å². The summed E-state index contributed by atoms with van der Waals surface area (Å²) in [5, 5.41) is 1.32. The number of benzene rings is 7. The van der Waals surface area contributed by atoms with E-state index in [1.807, 2.05) is 11.3 Å². The van der Waals surface area contributed by atoms with Gasteiger partial charge in [-0.05, 0) is 147 Å². The van der Waals surface area contributed by atoms with Gasteiger partial charge in [0.1, 0.15) is 0 Å². The Hall–Kier alpha value is -6.58. The zero-order valence-electron chi connectivity index (χ0n) is 40.2. The van der Waals surface area contributed by atoms with Crippen molar-refractivity contribution in [3.63, 3.8) is 0 Å². The highest BCUT2D eigenvalue weighted by Gasteiger charge is 2.56. The predicted molar refractivity (Wildman–Crippen MR) is 289 cm³/mol. The van der Waals surface area contributed by atoms with Crippen molar-refractivity contribution in [3.8, 4) is 11.1 Å². The minimum atomic E-state index is -0.567. The molecule has 3 aliphatic heterocycles. The first kappa shape index (κ1) is 40.5. The van der Waals surface area contributed by atoms with Crippen molar-refractivity contribution in [2.75, 3.05) is 9.71 Å². The van der Waals surface area contributed by atoms with E-state index in [0.29, 0.717) is 0 Å². The second-order valence-corrected chi connectivity index (χ2v) is 23.3. The summed E-state index contributed by atoms with van der Waals surface area (Å²) < 4.78 is 2.74. The van der Waals surface area contributed by atoms with E-state index in [-0.39, 0.29) is 23.1 Å². The molecule has 2 nitrogen and oxygen atoms in total.